The van der Waals surface area contributed by atoms with E-state index in [0.29, 0.717) is 17.8 Å². The average molecular weight is 288 g/mol. The summed E-state index contributed by atoms with van der Waals surface area (Å²) < 4.78 is 16.0. The number of carbonyl (C=O) groups excluding carboxylic acids is 1. The van der Waals surface area contributed by atoms with Crippen molar-refractivity contribution in [3.05, 3.63) is 35.3 Å². The maximum Gasteiger partial charge on any atom is 0.270 e. The van der Waals surface area contributed by atoms with Crippen molar-refractivity contribution in [2.75, 3.05) is 13.1 Å². The first kappa shape index (κ1) is 14.1. The summed E-state index contributed by atoms with van der Waals surface area (Å²) in [6, 6.07) is 5.13. The van der Waals surface area contributed by atoms with E-state index < -0.39 is 0 Å². The molecule has 0 radical (unpaired) electrons. The van der Waals surface area contributed by atoms with Gasteiger partial charge in [-0.25, -0.2) is 4.39 Å². The quantitative estimate of drug-likeness (QED) is 0.844. The van der Waals surface area contributed by atoms with Crippen LogP contribution in [0.2, 0.25) is 0 Å². The van der Waals surface area contributed by atoms with E-state index in [1.54, 1.807) is 6.07 Å². The fourth-order valence-electron chi connectivity index (χ4n) is 3.31. The Kier molecular flexibility index (Phi) is 3.70. The summed E-state index contributed by atoms with van der Waals surface area (Å²) >= 11 is 0. The molecule has 0 bridgehead atoms. The van der Waals surface area contributed by atoms with Gasteiger partial charge in [0.15, 0.2) is 0 Å². The van der Waals surface area contributed by atoms with Gasteiger partial charge in [-0.15, -0.1) is 0 Å². The van der Waals surface area contributed by atoms with E-state index in [0.717, 1.165) is 43.3 Å². The molecule has 0 atom stereocenters. The Morgan fingerprint density at radius 1 is 1.29 bits per heavy atom. The van der Waals surface area contributed by atoms with Gasteiger partial charge in [0.25, 0.3) is 5.91 Å². The molecule has 1 aromatic heterocycles. The topological polar surface area (TPSA) is 25.2 Å². The smallest absolute Gasteiger partial charge is 0.270 e. The Hall–Kier alpha value is -1.84. The highest BCUT2D eigenvalue weighted by atomic mass is 19.1. The fourth-order valence-corrected chi connectivity index (χ4v) is 3.31. The van der Waals surface area contributed by atoms with Crippen LogP contribution in [-0.2, 0) is 13.0 Å². The third kappa shape index (κ3) is 2.13. The van der Waals surface area contributed by atoms with Crippen LogP contribution in [0.3, 0.4) is 0 Å². The Morgan fingerprint density at radius 3 is 2.81 bits per heavy atom. The van der Waals surface area contributed by atoms with Gasteiger partial charge in [0.05, 0.1) is 5.52 Å². The van der Waals surface area contributed by atoms with Crippen LogP contribution in [0.15, 0.2) is 18.2 Å². The monoisotopic (exact) mass is 288 g/mol. The van der Waals surface area contributed by atoms with Crippen molar-refractivity contribution in [1.29, 1.82) is 0 Å². The van der Waals surface area contributed by atoms with E-state index in [9.17, 15) is 9.18 Å². The van der Waals surface area contributed by atoms with Gasteiger partial charge in [-0.1, -0.05) is 25.5 Å². The minimum atomic E-state index is -0.239. The zero-order valence-corrected chi connectivity index (χ0v) is 12.7. The van der Waals surface area contributed by atoms with Gasteiger partial charge in [-0.3, -0.25) is 4.79 Å². The minimum absolute atomic E-state index is 0.0575. The normalized spacial score (nSPS) is 14.8. The summed E-state index contributed by atoms with van der Waals surface area (Å²) in [6.45, 7) is 6.23. The van der Waals surface area contributed by atoms with Crippen molar-refractivity contribution in [3.63, 3.8) is 0 Å². The van der Waals surface area contributed by atoms with Crippen LogP contribution >= 0.6 is 0 Å². The molecule has 0 saturated carbocycles. The van der Waals surface area contributed by atoms with Crippen molar-refractivity contribution in [1.82, 2.24) is 9.47 Å². The Morgan fingerprint density at radius 2 is 2.10 bits per heavy atom. The van der Waals surface area contributed by atoms with Crippen LogP contribution in [0.25, 0.3) is 10.9 Å². The number of aryl methyl sites for hydroxylation is 1. The molecule has 3 nitrogen and oxygen atoms in total. The third-order valence-corrected chi connectivity index (χ3v) is 4.36. The van der Waals surface area contributed by atoms with Crippen LogP contribution in [0.4, 0.5) is 4.39 Å². The SMILES string of the molecule is CCCCN1CCc2c(n(CC)c3c(F)cccc23)C1=O. The van der Waals surface area contributed by atoms with Gasteiger partial charge < -0.3 is 9.47 Å². The molecule has 4 heteroatoms. The molecule has 0 spiro atoms. The number of halogens is 1. The molecule has 0 saturated heterocycles. The molecule has 2 heterocycles. The number of carbonyl (C=O) groups is 1. The molecule has 1 amide bonds. The van der Waals surface area contributed by atoms with E-state index >= 15 is 0 Å². The number of hydrogen-bond donors (Lipinski definition) is 0. The molecule has 2 aromatic rings. The lowest BCUT2D eigenvalue weighted by atomic mass is 10.0. The summed E-state index contributed by atoms with van der Waals surface area (Å²) in [7, 11) is 0. The zero-order valence-electron chi connectivity index (χ0n) is 12.7. The van der Waals surface area contributed by atoms with Crippen LogP contribution in [0.1, 0.15) is 42.7 Å². The molecule has 3 rings (SSSR count). The van der Waals surface area contributed by atoms with Crippen molar-refractivity contribution >= 4 is 16.8 Å². The lowest BCUT2D eigenvalue weighted by molar-refractivity contribution is 0.0726. The molecular weight excluding hydrogens is 267 g/mol. The largest absolute Gasteiger partial charge is 0.337 e. The molecule has 0 N–H and O–H groups in total. The molecule has 1 aromatic carbocycles. The summed E-state index contributed by atoms with van der Waals surface area (Å²) in [6.07, 6.45) is 2.90. The number of hydrogen-bond acceptors (Lipinski definition) is 1. The van der Waals surface area contributed by atoms with Gasteiger partial charge in [-0.2, -0.15) is 0 Å². The van der Waals surface area contributed by atoms with Crippen LogP contribution in [0, 0.1) is 5.82 Å². The third-order valence-electron chi connectivity index (χ3n) is 4.36. The molecule has 0 fully saturated rings. The first-order valence-corrected chi connectivity index (χ1v) is 7.77. The molecule has 1 aliphatic heterocycles. The molecule has 0 unspecified atom stereocenters. The number of aromatic nitrogens is 1. The zero-order chi connectivity index (χ0) is 15.0. The number of nitrogens with zero attached hydrogens (tertiary/aromatic N) is 2. The number of amides is 1. The molecular formula is C17H21FN2O. The Labute approximate surface area is 124 Å². The maximum atomic E-state index is 14.2. The van der Waals surface area contributed by atoms with E-state index in [1.807, 2.05) is 22.5 Å². The average Bonchev–Trinajstić information content (AvgIpc) is 2.82. The molecule has 112 valence electrons. The van der Waals surface area contributed by atoms with Crippen LogP contribution in [0.5, 0.6) is 0 Å². The highest BCUT2D eigenvalue weighted by Crippen LogP contribution is 2.32. The van der Waals surface area contributed by atoms with Gasteiger partial charge in [-0.05, 0) is 31.4 Å². The van der Waals surface area contributed by atoms with Crippen molar-refractivity contribution in [2.24, 2.45) is 0 Å². The summed E-state index contributed by atoms with van der Waals surface area (Å²) in [5, 5.41) is 0.898. The summed E-state index contributed by atoms with van der Waals surface area (Å²) in [5.74, 6) is -0.182. The van der Waals surface area contributed by atoms with Gasteiger partial charge in [0.2, 0.25) is 0 Å². The van der Waals surface area contributed by atoms with E-state index in [1.165, 1.54) is 6.07 Å². The van der Waals surface area contributed by atoms with Crippen LogP contribution in [-0.4, -0.2) is 28.5 Å². The standard InChI is InChI=1S/C17H21FN2O/c1-3-5-10-19-11-9-13-12-7-6-8-14(18)15(12)20(4-2)16(13)17(19)21/h6-8H,3-5,9-11H2,1-2H3. The Bertz CT molecular complexity index is 690. The molecule has 1 aliphatic rings. The summed E-state index contributed by atoms with van der Waals surface area (Å²) in [5.41, 5.74) is 2.29. The number of para-hydroxylation sites is 1. The number of unbranched alkanes of at least 4 members (excludes halogenated alkanes) is 1. The first-order valence-electron chi connectivity index (χ1n) is 7.77. The number of benzene rings is 1. The van der Waals surface area contributed by atoms with E-state index in [-0.39, 0.29) is 11.7 Å². The maximum absolute atomic E-state index is 14.2. The van der Waals surface area contributed by atoms with Gasteiger partial charge in [0, 0.05) is 25.0 Å². The van der Waals surface area contributed by atoms with Crippen LogP contribution < -0.4 is 0 Å². The second kappa shape index (κ2) is 5.51. The first-order chi connectivity index (χ1) is 10.2. The lowest BCUT2D eigenvalue weighted by Gasteiger charge is -2.28. The van der Waals surface area contributed by atoms with Gasteiger partial charge in [0.1, 0.15) is 11.5 Å². The minimum Gasteiger partial charge on any atom is -0.337 e. The summed E-state index contributed by atoms with van der Waals surface area (Å²) in [4.78, 5) is 14.7. The predicted octanol–water partition coefficient (Wildman–Crippen LogP) is 3.60. The van der Waals surface area contributed by atoms with Crippen molar-refractivity contribution in [2.45, 2.75) is 39.7 Å². The lowest BCUT2D eigenvalue weighted by Crippen LogP contribution is -2.39. The van der Waals surface area contributed by atoms with E-state index in [4.69, 9.17) is 0 Å². The second-order valence-electron chi connectivity index (χ2n) is 5.60. The van der Waals surface area contributed by atoms with E-state index in [2.05, 4.69) is 6.92 Å². The predicted molar refractivity (Wildman–Crippen MR) is 82.1 cm³/mol. The number of rotatable bonds is 4. The van der Waals surface area contributed by atoms with Crippen molar-refractivity contribution in [3.8, 4) is 0 Å². The van der Waals surface area contributed by atoms with Gasteiger partial charge >= 0.3 is 0 Å². The Balaban J connectivity index is 2.15. The number of fused-ring (bicyclic) bond motifs is 3. The highest BCUT2D eigenvalue weighted by molar-refractivity contribution is 6.03. The van der Waals surface area contributed by atoms with Crippen molar-refractivity contribution < 1.29 is 9.18 Å². The fraction of sp³-hybridized carbons (Fsp3) is 0.471. The molecule has 21 heavy (non-hydrogen) atoms. The molecule has 0 aliphatic carbocycles. The second-order valence-corrected chi connectivity index (χ2v) is 5.60. The highest BCUT2D eigenvalue weighted by Gasteiger charge is 2.30.